The number of para-hydroxylation sites is 2. The summed E-state index contributed by atoms with van der Waals surface area (Å²) in [5, 5.41) is 0. The maximum absolute atomic E-state index is 13.8. The maximum Gasteiger partial charge on any atom is 0.246 e. The van der Waals surface area contributed by atoms with Gasteiger partial charge in [0.1, 0.15) is 10.6 Å². The fourth-order valence-electron chi connectivity index (χ4n) is 5.48. The summed E-state index contributed by atoms with van der Waals surface area (Å²) in [5.41, 5.74) is 4.47. The topological polar surface area (TPSA) is 90.5 Å². The summed E-state index contributed by atoms with van der Waals surface area (Å²) in [4.78, 5) is 4.19. The summed E-state index contributed by atoms with van der Waals surface area (Å²) >= 11 is 0. The van der Waals surface area contributed by atoms with E-state index in [-0.39, 0.29) is 28.6 Å². The van der Waals surface area contributed by atoms with Gasteiger partial charge in [-0.05, 0) is 55.3 Å². The van der Waals surface area contributed by atoms with Crippen LogP contribution in [-0.2, 0) is 20.0 Å². The number of benzene rings is 3. The van der Waals surface area contributed by atoms with Gasteiger partial charge in [0.2, 0.25) is 20.0 Å². The molecule has 2 fully saturated rings. The number of nitrogens with zero attached hydrogens (tertiary/aromatic N) is 4. The third-order valence-corrected chi connectivity index (χ3v) is 11.6. The number of sulfonamides is 2. The number of piperazine rings is 2. The second-order valence-electron chi connectivity index (χ2n) is 10.2. The summed E-state index contributed by atoms with van der Waals surface area (Å²) in [7, 11) is -6.51. The number of rotatable bonds is 7. The zero-order valence-electron chi connectivity index (χ0n) is 23.2. The highest BCUT2D eigenvalue weighted by Gasteiger charge is 2.34. The molecule has 0 N–H and O–H groups in total. The number of hydrogen-bond donors (Lipinski definition) is 0. The molecule has 3 aromatic rings. The van der Waals surface area contributed by atoms with Crippen molar-refractivity contribution in [3.8, 4) is 5.75 Å². The first-order chi connectivity index (χ1) is 19.1. The highest BCUT2D eigenvalue weighted by atomic mass is 32.2. The van der Waals surface area contributed by atoms with Crippen molar-refractivity contribution in [3.05, 3.63) is 77.9 Å². The summed E-state index contributed by atoms with van der Waals surface area (Å²) < 4.78 is 63.1. The van der Waals surface area contributed by atoms with E-state index in [1.807, 2.05) is 62.4 Å². The molecule has 0 bridgehead atoms. The van der Waals surface area contributed by atoms with Gasteiger partial charge in [-0.1, -0.05) is 36.4 Å². The van der Waals surface area contributed by atoms with Crippen LogP contribution in [0.4, 0.5) is 11.4 Å². The first-order valence-electron chi connectivity index (χ1n) is 13.4. The molecule has 0 aliphatic carbocycles. The van der Waals surface area contributed by atoms with E-state index in [0.717, 1.165) is 22.5 Å². The van der Waals surface area contributed by atoms with Crippen LogP contribution in [0.3, 0.4) is 0 Å². The first-order valence-corrected chi connectivity index (χ1v) is 16.3. The predicted octanol–water partition coefficient (Wildman–Crippen LogP) is 3.33. The standard InChI is InChI=1S/C29H36N4O5S2/c1-23-8-4-6-10-26(23)30-14-18-32(19-15-30)39(34,35)25-12-13-28(38-3)29(22-25)40(36,37)33-20-16-31(17-21-33)27-11-7-5-9-24(27)2/h4-13,22H,14-21H2,1-3H3. The lowest BCUT2D eigenvalue weighted by molar-refractivity contribution is 0.373. The highest BCUT2D eigenvalue weighted by molar-refractivity contribution is 7.90. The van der Waals surface area contributed by atoms with E-state index in [2.05, 4.69) is 9.80 Å². The van der Waals surface area contributed by atoms with Crippen LogP contribution in [0.25, 0.3) is 0 Å². The molecule has 0 spiro atoms. The van der Waals surface area contributed by atoms with E-state index in [9.17, 15) is 16.8 Å². The minimum atomic E-state index is -3.99. The second-order valence-corrected chi connectivity index (χ2v) is 14.0. The lowest BCUT2D eigenvalue weighted by Crippen LogP contribution is -2.49. The van der Waals surface area contributed by atoms with Crippen molar-refractivity contribution in [3.63, 3.8) is 0 Å². The maximum atomic E-state index is 13.8. The lowest BCUT2D eigenvalue weighted by Gasteiger charge is -2.36. The minimum absolute atomic E-state index is 0.0465. The Morgan fingerprint density at radius 2 is 1.05 bits per heavy atom. The van der Waals surface area contributed by atoms with Crippen molar-refractivity contribution in [2.24, 2.45) is 0 Å². The molecule has 2 saturated heterocycles. The summed E-state index contributed by atoms with van der Waals surface area (Å²) in [6.07, 6.45) is 0. The van der Waals surface area contributed by atoms with Gasteiger partial charge in [-0.2, -0.15) is 8.61 Å². The Labute approximate surface area is 237 Å². The second kappa shape index (κ2) is 11.4. The molecule has 11 heteroatoms. The van der Waals surface area contributed by atoms with E-state index in [1.54, 1.807) is 0 Å². The predicted molar refractivity (Wildman–Crippen MR) is 157 cm³/mol. The van der Waals surface area contributed by atoms with Gasteiger partial charge in [0.15, 0.2) is 0 Å². The Morgan fingerprint density at radius 1 is 0.600 bits per heavy atom. The Balaban J connectivity index is 1.34. The van der Waals surface area contributed by atoms with E-state index < -0.39 is 20.0 Å². The van der Waals surface area contributed by atoms with Gasteiger partial charge in [0.25, 0.3) is 0 Å². The smallest absolute Gasteiger partial charge is 0.246 e. The van der Waals surface area contributed by atoms with Crippen LogP contribution in [0, 0.1) is 13.8 Å². The van der Waals surface area contributed by atoms with Gasteiger partial charge in [-0.25, -0.2) is 16.8 Å². The average molecular weight is 585 g/mol. The summed E-state index contributed by atoms with van der Waals surface area (Å²) in [6, 6.07) is 20.2. The fraction of sp³-hybridized carbons (Fsp3) is 0.379. The molecule has 0 aromatic heterocycles. The third kappa shape index (κ3) is 5.43. The molecule has 0 atom stereocenters. The minimum Gasteiger partial charge on any atom is -0.495 e. The van der Waals surface area contributed by atoms with E-state index >= 15 is 0 Å². The van der Waals surface area contributed by atoms with E-state index in [1.165, 1.54) is 33.9 Å². The molecule has 5 rings (SSSR count). The van der Waals surface area contributed by atoms with Gasteiger partial charge in [0.05, 0.1) is 12.0 Å². The van der Waals surface area contributed by atoms with Gasteiger partial charge in [-0.15, -0.1) is 0 Å². The normalized spacial score (nSPS) is 17.7. The molecule has 0 radical (unpaired) electrons. The Hall–Kier alpha value is -3.12. The quantitative estimate of drug-likeness (QED) is 0.421. The summed E-state index contributed by atoms with van der Waals surface area (Å²) in [6.45, 7) is 7.46. The van der Waals surface area contributed by atoms with Crippen molar-refractivity contribution < 1.29 is 21.6 Å². The number of ether oxygens (including phenoxy) is 1. The van der Waals surface area contributed by atoms with Crippen molar-refractivity contribution in [2.45, 2.75) is 23.6 Å². The number of methoxy groups -OCH3 is 1. The lowest BCUT2D eigenvalue weighted by atomic mass is 10.1. The van der Waals surface area contributed by atoms with Crippen LogP contribution < -0.4 is 14.5 Å². The van der Waals surface area contributed by atoms with Crippen LogP contribution in [0.15, 0.2) is 76.5 Å². The monoisotopic (exact) mass is 584 g/mol. The van der Waals surface area contributed by atoms with Crippen molar-refractivity contribution in [1.29, 1.82) is 0 Å². The molecule has 0 amide bonds. The largest absolute Gasteiger partial charge is 0.495 e. The van der Waals surface area contributed by atoms with Crippen molar-refractivity contribution in [1.82, 2.24) is 8.61 Å². The first kappa shape index (κ1) is 28.4. The van der Waals surface area contributed by atoms with Crippen LogP contribution in [0.2, 0.25) is 0 Å². The van der Waals surface area contributed by atoms with E-state index in [4.69, 9.17) is 4.74 Å². The molecule has 0 unspecified atom stereocenters. The zero-order valence-corrected chi connectivity index (χ0v) is 24.8. The van der Waals surface area contributed by atoms with Crippen molar-refractivity contribution in [2.75, 3.05) is 69.3 Å². The highest BCUT2D eigenvalue weighted by Crippen LogP contribution is 2.32. The molecular formula is C29H36N4O5S2. The number of hydrogen-bond acceptors (Lipinski definition) is 7. The Morgan fingerprint density at radius 3 is 1.50 bits per heavy atom. The Bertz CT molecular complexity index is 1580. The molecular weight excluding hydrogens is 548 g/mol. The molecule has 2 aliphatic rings. The summed E-state index contributed by atoms with van der Waals surface area (Å²) in [5.74, 6) is 0.129. The van der Waals surface area contributed by atoms with E-state index in [0.29, 0.717) is 39.3 Å². The van der Waals surface area contributed by atoms with Crippen LogP contribution >= 0.6 is 0 Å². The zero-order chi connectivity index (χ0) is 28.5. The molecule has 0 saturated carbocycles. The van der Waals surface area contributed by atoms with Crippen LogP contribution in [-0.4, -0.2) is 84.9 Å². The van der Waals surface area contributed by atoms with Gasteiger partial charge < -0.3 is 14.5 Å². The van der Waals surface area contributed by atoms with Gasteiger partial charge >= 0.3 is 0 Å². The van der Waals surface area contributed by atoms with Gasteiger partial charge in [0, 0.05) is 63.7 Å². The van der Waals surface area contributed by atoms with Crippen LogP contribution in [0.1, 0.15) is 11.1 Å². The van der Waals surface area contributed by atoms with Crippen LogP contribution in [0.5, 0.6) is 5.75 Å². The number of anilines is 2. The molecule has 40 heavy (non-hydrogen) atoms. The molecule has 3 aromatic carbocycles. The molecule has 2 aliphatic heterocycles. The van der Waals surface area contributed by atoms with Gasteiger partial charge in [-0.3, -0.25) is 0 Å². The fourth-order valence-corrected chi connectivity index (χ4v) is 8.61. The SMILES string of the molecule is COc1ccc(S(=O)(=O)N2CCN(c3ccccc3C)CC2)cc1S(=O)(=O)N1CCN(c2ccccc2C)CC1. The number of aryl methyl sites for hydroxylation is 2. The molecule has 9 nitrogen and oxygen atoms in total. The van der Waals surface area contributed by atoms with Crippen molar-refractivity contribution >= 4 is 31.4 Å². The third-order valence-electron chi connectivity index (χ3n) is 7.78. The molecule has 2 heterocycles. The average Bonchev–Trinajstić information content (AvgIpc) is 2.97. The Kier molecular flexibility index (Phi) is 8.10. The molecule has 214 valence electrons.